The largest absolute Gasteiger partial charge is 0.255 e. The third kappa shape index (κ3) is 3.16. The fourth-order valence-corrected chi connectivity index (χ4v) is 2.38. The SMILES string of the molecule is CC(Cc1cn(C)nn1)C(Br)c1ccccc1. The fraction of sp³-hybridized carbons (Fsp3) is 0.385. The van der Waals surface area contributed by atoms with Crippen LogP contribution in [-0.4, -0.2) is 15.0 Å². The van der Waals surface area contributed by atoms with E-state index in [1.165, 1.54) is 5.56 Å². The predicted molar refractivity (Wildman–Crippen MR) is 72.0 cm³/mol. The normalized spacial score (nSPS) is 14.5. The molecule has 17 heavy (non-hydrogen) atoms. The number of nitrogens with zero attached hydrogens (tertiary/aromatic N) is 3. The summed E-state index contributed by atoms with van der Waals surface area (Å²) in [6.07, 6.45) is 2.90. The molecule has 4 heteroatoms. The van der Waals surface area contributed by atoms with E-state index in [9.17, 15) is 0 Å². The van der Waals surface area contributed by atoms with Crippen molar-refractivity contribution in [3.63, 3.8) is 0 Å². The van der Waals surface area contributed by atoms with Crippen molar-refractivity contribution in [2.75, 3.05) is 0 Å². The highest BCUT2D eigenvalue weighted by Crippen LogP contribution is 2.32. The third-order valence-electron chi connectivity index (χ3n) is 2.80. The first-order valence-corrected chi connectivity index (χ1v) is 6.62. The second-order valence-corrected chi connectivity index (χ2v) is 5.36. The van der Waals surface area contributed by atoms with E-state index >= 15 is 0 Å². The molecule has 2 rings (SSSR count). The van der Waals surface area contributed by atoms with E-state index in [-0.39, 0.29) is 0 Å². The molecule has 0 bridgehead atoms. The van der Waals surface area contributed by atoms with Gasteiger partial charge in [-0.25, -0.2) is 0 Å². The van der Waals surface area contributed by atoms with Crippen molar-refractivity contribution in [1.82, 2.24) is 15.0 Å². The number of hydrogen-bond acceptors (Lipinski definition) is 2. The van der Waals surface area contributed by atoms with Crippen LogP contribution in [0.15, 0.2) is 36.5 Å². The minimum Gasteiger partial charge on any atom is -0.255 e. The van der Waals surface area contributed by atoms with Gasteiger partial charge in [0, 0.05) is 18.1 Å². The van der Waals surface area contributed by atoms with E-state index in [1.807, 2.05) is 19.3 Å². The maximum atomic E-state index is 4.12. The van der Waals surface area contributed by atoms with Gasteiger partial charge in [-0.2, -0.15) is 0 Å². The van der Waals surface area contributed by atoms with Crippen LogP contribution in [0.2, 0.25) is 0 Å². The first kappa shape index (κ1) is 12.3. The standard InChI is InChI=1S/C13H16BrN3/c1-10(8-12-9-17(2)16-15-12)13(14)11-6-4-3-5-7-11/h3-7,9-10,13H,8H2,1-2H3. The van der Waals surface area contributed by atoms with Gasteiger partial charge >= 0.3 is 0 Å². The van der Waals surface area contributed by atoms with Crippen LogP contribution in [0.25, 0.3) is 0 Å². The lowest BCUT2D eigenvalue weighted by molar-refractivity contribution is 0.563. The second kappa shape index (κ2) is 5.45. The summed E-state index contributed by atoms with van der Waals surface area (Å²) in [6, 6.07) is 10.5. The van der Waals surface area contributed by atoms with Gasteiger partial charge in [-0.05, 0) is 17.9 Å². The molecule has 0 N–H and O–H groups in total. The molecule has 0 fully saturated rings. The maximum Gasteiger partial charge on any atom is 0.0830 e. The number of alkyl halides is 1. The molecule has 0 amide bonds. The molecule has 0 spiro atoms. The van der Waals surface area contributed by atoms with E-state index in [0.717, 1.165) is 12.1 Å². The Morgan fingerprint density at radius 1 is 1.29 bits per heavy atom. The summed E-state index contributed by atoms with van der Waals surface area (Å²) in [4.78, 5) is 0.353. The Morgan fingerprint density at radius 2 is 2.00 bits per heavy atom. The van der Waals surface area contributed by atoms with Gasteiger partial charge in [0.25, 0.3) is 0 Å². The summed E-state index contributed by atoms with van der Waals surface area (Å²) >= 11 is 3.76. The number of halogens is 1. The molecule has 0 aliphatic carbocycles. The summed E-state index contributed by atoms with van der Waals surface area (Å²) in [5.74, 6) is 0.481. The van der Waals surface area contributed by atoms with Crippen molar-refractivity contribution in [3.8, 4) is 0 Å². The number of rotatable bonds is 4. The Kier molecular flexibility index (Phi) is 3.94. The monoisotopic (exact) mass is 293 g/mol. The highest BCUT2D eigenvalue weighted by molar-refractivity contribution is 9.09. The Hall–Kier alpha value is -1.16. The zero-order valence-corrected chi connectivity index (χ0v) is 11.6. The van der Waals surface area contributed by atoms with Gasteiger partial charge in [-0.3, -0.25) is 4.68 Å². The highest BCUT2D eigenvalue weighted by atomic mass is 79.9. The molecule has 1 aromatic carbocycles. The molecule has 1 heterocycles. The number of benzene rings is 1. The van der Waals surface area contributed by atoms with E-state index < -0.39 is 0 Å². The van der Waals surface area contributed by atoms with Gasteiger partial charge in [0.15, 0.2) is 0 Å². The number of hydrogen-bond donors (Lipinski definition) is 0. The molecule has 90 valence electrons. The molecular formula is C13H16BrN3. The van der Waals surface area contributed by atoms with Crippen LogP contribution >= 0.6 is 15.9 Å². The molecule has 1 aromatic heterocycles. The molecule has 0 aliphatic heterocycles. The van der Waals surface area contributed by atoms with Crippen molar-refractivity contribution in [2.24, 2.45) is 13.0 Å². The topological polar surface area (TPSA) is 30.7 Å². The fourth-order valence-electron chi connectivity index (χ4n) is 1.89. The summed E-state index contributed by atoms with van der Waals surface area (Å²) in [7, 11) is 1.89. The molecular weight excluding hydrogens is 278 g/mol. The molecule has 3 nitrogen and oxygen atoms in total. The van der Waals surface area contributed by atoms with Crippen molar-refractivity contribution in [3.05, 3.63) is 47.8 Å². The average molecular weight is 294 g/mol. The van der Waals surface area contributed by atoms with Crippen LogP contribution in [0.3, 0.4) is 0 Å². The molecule has 0 saturated carbocycles. The molecule has 2 unspecified atom stereocenters. The first-order valence-electron chi connectivity index (χ1n) is 5.71. The second-order valence-electron chi connectivity index (χ2n) is 4.38. The van der Waals surface area contributed by atoms with Gasteiger partial charge in [-0.1, -0.05) is 58.4 Å². The Morgan fingerprint density at radius 3 is 2.59 bits per heavy atom. The van der Waals surface area contributed by atoms with Gasteiger partial charge in [0.05, 0.1) is 5.69 Å². The maximum absolute atomic E-state index is 4.12. The molecule has 0 radical (unpaired) electrons. The van der Waals surface area contributed by atoms with E-state index in [2.05, 4.69) is 57.4 Å². The lowest BCUT2D eigenvalue weighted by Gasteiger charge is -2.17. The number of aryl methyl sites for hydroxylation is 1. The minimum atomic E-state index is 0.353. The van der Waals surface area contributed by atoms with Crippen LogP contribution in [-0.2, 0) is 13.5 Å². The van der Waals surface area contributed by atoms with E-state index in [4.69, 9.17) is 0 Å². The van der Waals surface area contributed by atoms with Gasteiger partial charge in [0.1, 0.15) is 0 Å². The summed E-state index contributed by atoms with van der Waals surface area (Å²) in [5.41, 5.74) is 2.35. The van der Waals surface area contributed by atoms with Crippen molar-refractivity contribution in [1.29, 1.82) is 0 Å². The predicted octanol–water partition coefficient (Wildman–Crippen LogP) is 3.13. The summed E-state index contributed by atoms with van der Waals surface area (Å²) in [5, 5.41) is 8.08. The summed E-state index contributed by atoms with van der Waals surface area (Å²) < 4.78 is 1.74. The van der Waals surface area contributed by atoms with E-state index in [1.54, 1.807) is 4.68 Å². The zero-order chi connectivity index (χ0) is 12.3. The highest BCUT2D eigenvalue weighted by Gasteiger charge is 2.17. The van der Waals surface area contributed by atoms with Crippen LogP contribution in [0.5, 0.6) is 0 Å². The van der Waals surface area contributed by atoms with Gasteiger partial charge < -0.3 is 0 Å². The molecule has 2 atom stereocenters. The van der Waals surface area contributed by atoms with Gasteiger partial charge in [-0.15, -0.1) is 5.10 Å². The van der Waals surface area contributed by atoms with Crippen LogP contribution < -0.4 is 0 Å². The number of aromatic nitrogens is 3. The quantitative estimate of drug-likeness (QED) is 0.811. The molecule has 2 aromatic rings. The molecule has 0 saturated heterocycles. The van der Waals surface area contributed by atoms with E-state index in [0.29, 0.717) is 10.7 Å². The lowest BCUT2D eigenvalue weighted by atomic mass is 9.97. The lowest BCUT2D eigenvalue weighted by Crippen LogP contribution is -2.07. The van der Waals surface area contributed by atoms with Crippen molar-refractivity contribution >= 4 is 15.9 Å². The first-order chi connectivity index (χ1) is 8.16. The Balaban J connectivity index is 2.03. The van der Waals surface area contributed by atoms with Crippen molar-refractivity contribution in [2.45, 2.75) is 18.2 Å². The smallest absolute Gasteiger partial charge is 0.0830 e. The average Bonchev–Trinajstić information content (AvgIpc) is 2.75. The van der Waals surface area contributed by atoms with Crippen LogP contribution in [0, 0.1) is 5.92 Å². The van der Waals surface area contributed by atoms with Crippen LogP contribution in [0.1, 0.15) is 23.0 Å². The minimum absolute atomic E-state index is 0.353. The molecule has 0 aliphatic rings. The summed E-state index contributed by atoms with van der Waals surface area (Å²) in [6.45, 7) is 2.22. The Labute approximate surface area is 110 Å². The van der Waals surface area contributed by atoms with Crippen LogP contribution in [0.4, 0.5) is 0 Å². The third-order valence-corrected chi connectivity index (χ3v) is 4.23. The van der Waals surface area contributed by atoms with Gasteiger partial charge in [0.2, 0.25) is 0 Å². The zero-order valence-electron chi connectivity index (χ0n) is 10.0. The Bertz CT molecular complexity index is 467. The van der Waals surface area contributed by atoms with Crippen molar-refractivity contribution < 1.29 is 0 Å².